The largest absolute Gasteiger partial charge is 0.326 e. The average molecular weight is 405 g/mol. The zero-order valence-corrected chi connectivity index (χ0v) is 16.8. The van der Waals surface area contributed by atoms with Gasteiger partial charge in [-0.25, -0.2) is 9.97 Å². The highest BCUT2D eigenvalue weighted by Gasteiger charge is 2.15. The van der Waals surface area contributed by atoms with Crippen molar-refractivity contribution in [2.24, 2.45) is 0 Å². The minimum absolute atomic E-state index is 0.0868. The third-order valence-electron chi connectivity index (χ3n) is 5.08. The number of carbonyl (C=O) groups excluding carboxylic acids is 2. The average Bonchev–Trinajstić information content (AvgIpc) is 2.94. The van der Waals surface area contributed by atoms with E-state index in [0.29, 0.717) is 29.0 Å². The van der Waals surface area contributed by atoms with Crippen LogP contribution in [-0.4, -0.2) is 26.3 Å². The summed E-state index contributed by atoms with van der Waals surface area (Å²) in [5, 5.41) is 5.75. The van der Waals surface area contributed by atoms with Crippen LogP contribution in [-0.2, 0) is 22.6 Å². The molecule has 4 rings (SSSR count). The Balaban J connectivity index is 1.48. The zero-order valence-electron chi connectivity index (χ0n) is 16.8. The van der Waals surface area contributed by atoms with Crippen molar-refractivity contribution in [1.82, 2.24) is 14.5 Å². The van der Waals surface area contributed by atoms with Crippen LogP contribution in [0.2, 0.25) is 0 Å². The third-order valence-corrected chi connectivity index (χ3v) is 5.08. The summed E-state index contributed by atoms with van der Waals surface area (Å²) in [6, 6.07) is 10.3. The number of fused-ring (bicyclic) bond motifs is 2. The number of anilines is 2. The number of pyridine rings is 1. The van der Waals surface area contributed by atoms with Crippen LogP contribution in [0.3, 0.4) is 0 Å². The Kier molecular flexibility index (Phi) is 5.56. The highest BCUT2D eigenvalue weighted by molar-refractivity contribution is 6.08. The molecule has 0 saturated carbocycles. The molecule has 0 unspecified atom stereocenters. The van der Waals surface area contributed by atoms with Gasteiger partial charge in [-0.15, -0.1) is 0 Å². The van der Waals surface area contributed by atoms with Crippen LogP contribution >= 0.6 is 0 Å². The lowest BCUT2D eigenvalue weighted by Crippen LogP contribution is -2.25. The molecule has 2 aromatic heterocycles. The number of amides is 2. The number of nitrogens with one attached hydrogen (secondary N) is 2. The second kappa shape index (κ2) is 8.44. The molecule has 8 nitrogen and oxygen atoms in total. The first-order valence-electron chi connectivity index (χ1n) is 10.1. The standard InChI is InChI=1S/C22H23N5O3/c1-14-6-5-7-18(23-14)26-21(29)13-20(28)24-15-9-10-17-16(12-15)22(30)27-11-4-2-3-8-19(27)25-17/h5-7,9-10,12H,2-4,8,11,13H2,1H3,(H,24,28)(H,23,26,29). The number of aromatic nitrogens is 3. The van der Waals surface area contributed by atoms with Crippen LogP contribution in [0.1, 0.15) is 37.2 Å². The lowest BCUT2D eigenvalue weighted by atomic mass is 10.2. The van der Waals surface area contributed by atoms with E-state index >= 15 is 0 Å². The molecule has 0 spiro atoms. The van der Waals surface area contributed by atoms with Gasteiger partial charge in [-0.05, 0) is 50.1 Å². The van der Waals surface area contributed by atoms with E-state index < -0.39 is 11.8 Å². The van der Waals surface area contributed by atoms with Crippen molar-refractivity contribution in [2.75, 3.05) is 10.6 Å². The van der Waals surface area contributed by atoms with E-state index in [1.54, 1.807) is 34.9 Å². The maximum absolute atomic E-state index is 12.9. The topological polar surface area (TPSA) is 106 Å². The highest BCUT2D eigenvalue weighted by atomic mass is 16.2. The number of aryl methyl sites for hydroxylation is 2. The van der Waals surface area contributed by atoms with Gasteiger partial charge in [-0.1, -0.05) is 12.5 Å². The molecule has 0 fully saturated rings. The molecule has 0 atom stereocenters. The number of hydrogen-bond acceptors (Lipinski definition) is 5. The summed E-state index contributed by atoms with van der Waals surface area (Å²) in [6.45, 7) is 2.49. The van der Waals surface area contributed by atoms with Crippen molar-refractivity contribution in [1.29, 1.82) is 0 Å². The molecule has 30 heavy (non-hydrogen) atoms. The lowest BCUT2D eigenvalue weighted by molar-refractivity contribution is -0.123. The number of rotatable bonds is 4. The SMILES string of the molecule is Cc1cccc(NC(=O)CC(=O)Nc2ccc3nc4n(c(=O)c3c2)CCCCC4)n1. The first-order chi connectivity index (χ1) is 14.5. The molecule has 154 valence electrons. The fraction of sp³-hybridized carbons (Fsp3) is 0.318. The third kappa shape index (κ3) is 4.37. The summed E-state index contributed by atoms with van der Waals surface area (Å²) >= 11 is 0. The Morgan fingerprint density at radius 1 is 1.03 bits per heavy atom. The Bertz CT molecular complexity index is 1190. The molecule has 1 aliphatic heterocycles. The quantitative estimate of drug-likeness (QED) is 0.649. The molecule has 0 bridgehead atoms. The maximum Gasteiger partial charge on any atom is 0.261 e. The Labute approximate surface area is 173 Å². The molecule has 0 aliphatic carbocycles. The first kappa shape index (κ1) is 19.8. The number of nitrogens with zero attached hydrogens (tertiary/aromatic N) is 3. The first-order valence-corrected chi connectivity index (χ1v) is 10.1. The van der Waals surface area contributed by atoms with Crippen LogP contribution in [0.5, 0.6) is 0 Å². The monoisotopic (exact) mass is 405 g/mol. The molecule has 3 heterocycles. The van der Waals surface area contributed by atoms with Gasteiger partial charge in [0.1, 0.15) is 18.1 Å². The van der Waals surface area contributed by atoms with E-state index in [1.165, 1.54) is 0 Å². The van der Waals surface area contributed by atoms with Crippen molar-refractivity contribution >= 4 is 34.2 Å². The molecule has 2 N–H and O–H groups in total. The molecular formula is C22H23N5O3. The number of benzene rings is 1. The van der Waals surface area contributed by atoms with Gasteiger partial charge in [0, 0.05) is 24.3 Å². The van der Waals surface area contributed by atoms with Crippen LogP contribution in [0.4, 0.5) is 11.5 Å². The van der Waals surface area contributed by atoms with Gasteiger partial charge in [0.25, 0.3) is 5.56 Å². The predicted octanol–water partition coefficient (Wildman–Crippen LogP) is 2.79. The van der Waals surface area contributed by atoms with Crippen LogP contribution < -0.4 is 16.2 Å². The normalized spacial score (nSPS) is 13.4. The Hall–Kier alpha value is -3.55. The minimum Gasteiger partial charge on any atom is -0.326 e. The van der Waals surface area contributed by atoms with Crippen molar-refractivity contribution < 1.29 is 9.59 Å². The zero-order chi connectivity index (χ0) is 21.1. The van der Waals surface area contributed by atoms with Crippen molar-refractivity contribution in [3.05, 3.63) is 58.3 Å². The second-order valence-electron chi connectivity index (χ2n) is 7.46. The van der Waals surface area contributed by atoms with Gasteiger partial charge in [0.15, 0.2) is 0 Å². The van der Waals surface area contributed by atoms with Gasteiger partial charge in [-0.2, -0.15) is 0 Å². The van der Waals surface area contributed by atoms with E-state index in [9.17, 15) is 14.4 Å². The summed E-state index contributed by atoms with van der Waals surface area (Å²) in [7, 11) is 0. The van der Waals surface area contributed by atoms with Gasteiger partial charge in [0.05, 0.1) is 10.9 Å². The smallest absolute Gasteiger partial charge is 0.261 e. The van der Waals surface area contributed by atoms with Gasteiger partial charge < -0.3 is 10.6 Å². The Morgan fingerprint density at radius 2 is 1.87 bits per heavy atom. The second-order valence-corrected chi connectivity index (χ2v) is 7.46. The molecule has 0 saturated heterocycles. The summed E-state index contributed by atoms with van der Waals surface area (Å²) in [5.74, 6) is 0.294. The van der Waals surface area contributed by atoms with E-state index in [1.807, 2.05) is 13.0 Å². The maximum atomic E-state index is 12.9. The van der Waals surface area contributed by atoms with Crippen molar-refractivity contribution in [3.63, 3.8) is 0 Å². The molecule has 1 aromatic carbocycles. The predicted molar refractivity (Wildman–Crippen MR) is 114 cm³/mol. The van der Waals surface area contributed by atoms with Gasteiger partial charge in [-0.3, -0.25) is 19.0 Å². The lowest BCUT2D eigenvalue weighted by Gasteiger charge is -2.11. The molecule has 8 heteroatoms. The minimum atomic E-state index is -0.470. The van der Waals surface area contributed by atoms with E-state index in [0.717, 1.165) is 37.2 Å². The molecule has 3 aromatic rings. The van der Waals surface area contributed by atoms with Crippen molar-refractivity contribution in [3.8, 4) is 0 Å². The fourth-order valence-electron chi connectivity index (χ4n) is 3.65. The van der Waals surface area contributed by atoms with E-state index in [2.05, 4.69) is 20.6 Å². The van der Waals surface area contributed by atoms with Crippen LogP contribution in [0.25, 0.3) is 10.9 Å². The molecule has 1 aliphatic rings. The van der Waals surface area contributed by atoms with Gasteiger partial charge in [0.2, 0.25) is 11.8 Å². The fourth-order valence-corrected chi connectivity index (χ4v) is 3.65. The summed E-state index contributed by atoms with van der Waals surface area (Å²) in [6.07, 6.45) is 3.53. The molecule has 0 radical (unpaired) electrons. The van der Waals surface area contributed by atoms with Gasteiger partial charge >= 0.3 is 0 Å². The van der Waals surface area contributed by atoms with E-state index in [4.69, 9.17) is 0 Å². The van der Waals surface area contributed by atoms with Crippen LogP contribution in [0, 0.1) is 6.92 Å². The summed E-state index contributed by atoms with van der Waals surface area (Å²) in [4.78, 5) is 46.1. The number of carbonyl (C=O) groups is 2. The van der Waals surface area contributed by atoms with Crippen molar-refractivity contribution in [2.45, 2.75) is 45.6 Å². The number of hydrogen-bond donors (Lipinski definition) is 2. The summed E-state index contributed by atoms with van der Waals surface area (Å²) in [5.41, 5.74) is 1.76. The highest BCUT2D eigenvalue weighted by Crippen LogP contribution is 2.18. The molecule has 2 amide bonds. The molecular weight excluding hydrogens is 382 g/mol. The summed E-state index contributed by atoms with van der Waals surface area (Å²) < 4.78 is 1.74. The Morgan fingerprint density at radius 3 is 2.70 bits per heavy atom. The van der Waals surface area contributed by atoms with E-state index in [-0.39, 0.29) is 12.0 Å². The van der Waals surface area contributed by atoms with Crippen LogP contribution in [0.15, 0.2) is 41.2 Å².